The lowest BCUT2D eigenvalue weighted by Gasteiger charge is -2.39. The molecule has 23 heavy (non-hydrogen) atoms. The number of likely N-dealkylation sites (tertiary alicyclic amines) is 2. The third-order valence-electron chi connectivity index (χ3n) is 5.21. The van der Waals surface area contributed by atoms with Gasteiger partial charge in [-0.25, -0.2) is 0 Å². The SMILES string of the molecule is O=C(C(O)c1ccccc1)N1CCCC(N2CCCCCC2)C1. The fraction of sp³-hybridized carbons (Fsp3) is 0.632. The molecule has 0 saturated carbocycles. The zero-order valence-electron chi connectivity index (χ0n) is 13.9. The monoisotopic (exact) mass is 316 g/mol. The van der Waals surface area contributed by atoms with Gasteiger partial charge in [-0.2, -0.15) is 0 Å². The minimum atomic E-state index is -1.03. The third kappa shape index (κ3) is 4.12. The van der Waals surface area contributed by atoms with Crippen LogP contribution in [0, 0.1) is 0 Å². The molecular formula is C19H28N2O2. The first-order valence-electron chi connectivity index (χ1n) is 9.01. The number of aliphatic hydroxyl groups excluding tert-OH is 1. The molecule has 0 radical (unpaired) electrons. The van der Waals surface area contributed by atoms with Crippen LogP contribution in [-0.4, -0.2) is 53.0 Å². The molecule has 2 unspecified atom stereocenters. The molecule has 4 heteroatoms. The third-order valence-corrected chi connectivity index (χ3v) is 5.21. The van der Waals surface area contributed by atoms with Crippen LogP contribution in [0.15, 0.2) is 30.3 Å². The summed E-state index contributed by atoms with van der Waals surface area (Å²) < 4.78 is 0. The van der Waals surface area contributed by atoms with Gasteiger partial charge < -0.3 is 10.0 Å². The van der Waals surface area contributed by atoms with Crippen LogP contribution in [0.5, 0.6) is 0 Å². The predicted octanol–water partition coefficient (Wildman–Crippen LogP) is 2.59. The van der Waals surface area contributed by atoms with E-state index in [2.05, 4.69) is 4.90 Å². The smallest absolute Gasteiger partial charge is 0.256 e. The second kappa shape index (κ2) is 7.93. The van der Waals surface area contributed by atoms with Crippen LogP contribution in [0.2, 0.25) is 0 Å². The molecule has 0 aliphatic carbocycles. The van der Waals surface area contributed by atoms with Crippen LogP contribution in [-0.2, 0) is 4.79 Å². The summed E-state index contributed by atoms with van der Waals surface area (Å²) in [5.74, 6) is -0.143. The molecule has 1 amide bonds. The van der Waals surface area contributed by atoms with Gasteiger partial charge in [0.05, 0.1) is 0 Å². The van der Waals surface area contributed by atoms with E-state index < -0.39 is 6.10 Å². The first-order chi connectivity index (χ1) is 11.3. The molecule has 1 N–H and O–H groups in total. The van der Waals surface area contributed by atoms with Crippen molar-refractivity contribution in [3.05, 3.63) is 35.9 Å². The van der Waals surface area contributed by atoms with E-state index in [1.165, 1.54) is 32.1 Å². The van der Waals surface area contributed by atoms with Crippen LogP contribution >= 0.6 is 0 Å². The predicted molar refractivity (Wildman–Crippen MR) is 91.0 cm³/mol. The normalized spacial score (nSPS) is 24.9. The maximum atomic E-state index is 12.7. The van der Waals surface area contributed by atoms with Crippen molar-refractivity contribution in [3.8, 4) is 0 Å². The van der Waals surface area contributed by atoms with E-state index in [1.807, 2.05) is 35.2 Å². The van der Waals surface area contributed by atoms with Gasteiger partial charge in [0.1, 0.15) is 0 Å². The van der Waals surface area contributed by atoms with Gasteiger partial charge in [0, 0.05) is 19.1 Å². The number of benzene rings is 1. The molecule has 2 heterocycles. The summed E-state index contributed by atoms with van der Waals surface area (Å²) in [5, 5.41) is 10.4. The van der Waals surface area contributed by atoms with Crippen LogP contribution in [0.1, 0.15) is 50.2 Å². The molecule has 2 aliphatic rings. The number of aliphatic hydroxyl groups is 1. The average Bonchev–Trinajstić information content (AvgIpc) is 2.91. The molecule has 2 atom stereocenters. The number of hydrogen-bond donors (Lipinski definition) is 1. The lowest BCUT2D eigenvalue weighted by atomic mass is 10.0. The second-order valence-corrected chi connectivity index (χ2v) is 6.84. The molecule has 0 spiro atoms. The quantitative estimate of drug-likeness (QED) is 0.932. The number of nitrogens with zero attached hydrogens (tertiary/aromatic N) is 2. The van der Waals surface area contributed by atoms with E-state index in [-0.39, 0.29) is 5.91 Å². The summed E-state index contributed by atoms with van der Waals surface area (Å²) in [7, 11) is 0. The van der Waals surface area contributed by atoms with Gasteiger partial charge in [0.15, 0.2) is 6.10 Å². The van der Waals surface area contributed by atoms with Gasteiger partial charge in [0.25, 0.3) is 5.91 Å². The topological polar surface area (TPSA) is 43.8 Å². The molecule has 126 valence electrons. The summed E-state index contributed by atoms with van der Waals surface area (Å²) in [4.78, 5) is 17.1. The Kier molecular flexibility index (Phi) is 5.68. The Hall–Kier alpha value is -1.39. The fourth-order valence-corrected chi connectivity index (χ4v) is 3.86. The maximum Gasteiger partial charge on any atom is 0.256 e. The van der Waals surface area contributed by atoms with Crippen molar-refractivity contribution in [2.24, 2.45) is 0 Å². The fourth-order valence-electron chi connectivity index (χ4n) is 3.86. The minimum Gasteiger partial charge on any atom is -0.378 e. The van der Waals surface area contributed by atoms with Gasteiger partial charge >= 0.3 is 0 Å². The Labute approximate surface area is 139 Å². The van der Waals surface area contributed by atoms with Crippen molar-refractivity contribution in [2.45, 2.75) is 50.7 Å². The number of piperidine rings is 1. The van der Waals surface area contributed by atoms with Crippen molar-refractivity contribution < 1.29 is 9.90 Å². The summed E-state index contributed by atoms with van der Waals surface area (Å²) in [6, 6.07) is 9.73. The highest BCUT2D eigenvalue weighted by Gasteiger charge is 2.31. The molecule has 2 saturated heterocycles. The number of carbonyl (C=O) groups excluding carboxylic acids is 1. The molecule has 1 aromatic rings. The van der Waals surface area contributed by atoms with E-state index in [4.69, 9.17) is 0 Å². The van der Waals surface area contributed by atoms with Crippen LogP contribution < -0.4 is 0 Å². The molecule has 2 aliphatic heterocycles. The first-order valence-corrected chi connectivity index (χ1v) is 9.01. The van der Waals surface area contributed by atoms with Crippen molar-refractivity contribution >= 4 is 5.91 Å². The van der Waals surface area contributed by atoms with Gasteiger partial charge in [-0.05, 0) is 44.3 Å². The summed E-state index contributed by atoms with van der Waals surface area (Å²) >= 11 is 0. The molecule has 4 nitrogen and oxygen atoms in total. The van der Waals surface area contributed by atoms with E-state index in [0.717, 1.165) is 32.6 Å². The Morgan fingerprint density at radius 3 is 2.39 bits per heavy atom. The van der Waals surface area contributed by atoms with Gasteiger partial charge in [-0.15, -0.1) is 0 Å². The van der Waals surface area contributed by atoms with E-state index in [1.54, 1.807) is 0 Å². The molecule has 3 rings (SSSR count). The second-order valence-electron chi connectivity index (χ2n) is 6.84. The molecule has 0 bridgehead atoms. The molecule has 1 aromatic carbocycles. The van der Waals surface area contributed by atoms with E-state index >= 15 is 0 Å². The Bertz CT molecular complexity index is 497. The van der Waals surface area contributed by atoms with Gasteiger partial charge in [0.2, 0.25) is 0 Å². The van der Waals surface area contributed by atoms with Crippen molar-refractivity contribution in [1.82, 2.24) is 9.80 Å². The Balaban J connectivity index is 1.62. The zero-order chi connectivity index (χ0) is 16.1. The zero-order valence-corrected chi connectivity index (χ0v) is 13.9. The average molecular weight is 316 g/mol. The summed E-state index contributed by atoms with van der Waals surface area (Å²) in [6.07, 6.45) is 6.39. The van der Waals surface area contributed by atoms with Crippen LogP contribution in [0.4, 0.5) is 0 Å². The van der Waals surface area contributed by atoms with Crippen molar-refractivity contribution in [2.75, 3.05) is 26.2 Å². The largest absolute Gasteiger partial charge is 0.378 e. The Morgan fingerprint density at radius 2 is 1.70 bits per heavy atom. The number of rotatable bonds is 3. The highest BCUT2D eigenvalue weighted by atomic mass is 16.3. The van der Waals surface area contributed by atoms with Crippen molar-refractivity contribution in [1.29, 1.82) is 0 Å². The summed E-state index contributed by atoms with van der Waals surface area (Å²) in [6.45, 7) is 3.86. The first kappa shape index (κ1) is 16.5. The Morgan fingerprint density at radius 1 is 1.00 bits per heavy atom. The minimum absolute atomic E-state index is 0.143. The van der Waals surface area contributed by atoms with Crippen LogP contribution in [0.25, 0.3) is 0 Å². The van der Waals surface area contributed by atoms with E-state index in [0.29, 0.717) is 11.6 Å². The molecule has 0 aromatic heterocycles. The van der Waals surface area contributed by atoms with Crippen molar-refractivity contribution in [3.63, 3.8) is 0 Å². The van der Waals surface area contributed by atoms with Gasteiger partial charge in [-0.1, -0.05) is 43.2 Å². The lowest BCUT2D eigenvalue weighted by molar-refractivity contribution is -0.142. The standard InChI is InChI=1S/C19H28N2O2/c22-18(16-9-4-3-5-10-16)19(23)21-14-8-11-17(15-21)20-12-6-1-2-7-13-20/h3-5,9-10,17-18,22H,1-2,6-8,11-15H2. The van der Waals surface area contributed by atoms with Crippen LogP contribution in [0.3, 0.4) is 0 Å². The van der Waals surface area contributed by atoms with E-state index in [9.17, 15) is 9.90 Å². The lowest BCUT2D eigenvalue weighted by Crippen LogP contribution is -2.51. The molecule has 2 fully saturated rings. The number of carbonyl (C=O) groups is 1. The highest BCUT2D eigenvalue weighted by Crippen LogP contribution is 2.23. The molecular weight excluding hydrogens is 288 g/mol. The highest BCUT2D eigenvalue weighted by molar-refractivity contribution is 5.82. The number of hydrogen-bond acceptors (Lipinski definition) is 3. The summed E-state index contributed by atoms with van der Waals surface area (Å²) in [5.41, 5.74) is 0.689. The number of amides is 1. The maximum absolute atomic E-state index is 12.7. The van der Waals surface area contributed by atoms with Gasteiger partial charge in [-0.3, -0.25) is 9.69 Å².